The summed E-state index contributed by atoms with van der Waals surface area (Å²) in [6.07, 6.45) is 4.99. The minimum Gasteiger partial charge on any atom is -0.423 e. The van der Waals surface area contributed by atoms with Gasteiger partial charge in [0, 0.05) is 22.7 Å². The van der Waals surface area contributed by atoms with Crippen LogP contribution in [0, 0.1) is 45.6 Å². The number of rotatable bonds is 8. The number of amides is 3. The van der Waals surface area contributed by atoms with E-state index < -0.39 is 52.8 Å². The second-order valence-corrected chi connectivity index (χ2v) is 12.6. The van der Waals surface area contributed by atoms with Crippen molar-refractivity contribution in [2.24, 2.45) is 35.5 Å². The predicted octanol–water partition coefficient (Wildman–Crippen LogP) is 5.41. The molecule has 4 aliphatic carbocycles. The van der Waals surface area contributed by atoms with E-state index in [0.717, 1.165) is 16.4 Å². The Morgan fingerprint density at radius 3 is 2.02 bits per heavy atom. The monoisotopic (exact) mass is 659 g/mol. The van der Waals surface area contributed by atoms with Crippen molar-refractivity contribution in [3.8, 4) is 5.75 Å². The average Bonchev–Trinajstić information content (AvgIpc) is 3.83. The first-order valence-corrected chi connectivity index (χ1v) is 15.2. The van der Waals surface area contributed by atoms with E-state index in [1.165, 1.54) is 66.7 Å². The molecule has 0 spiro atoms. The molecule has 46 heavy (non-hydrogen) atoms. The Bertz CT molecular complexity index is 1840. The van der Waals surface area contributed by atoms with Gasteiger partial charge in [0.25, 0.3) is 23.4 Å². The number of nitro groups is 1. The molecule has 1 aliphatic heterocycles. The molecule has 0 aromatic heterocycles. The highest BCUT2D eigenvalue weighted by Crippen LogP contribution is 2.65. The van der Waals surface area contributed by atoms with Crippen LogP contribution in [0.25, 0.3) is 0 Å². The molecule has 0 radical (unpaired) electrons. The van der Waals surface area contributed by atoms with Gasteiger partial charge in [-0.2, -0.15) is 5.01 Å². The number of benzene rings is 3. The molecule has 1 heterocycles. The number of non-ortho nitro benzene ring substituents is 1. The summed E-state index contributed by atoms with van der Waals surface area (Å²) < 4.78 is 5.32. The van der Waals surface area contributed by atoms with Crippen molar-refractivity contribution >= 4 is 58.4 Å². The summed E-state index contributed by atoms with van der Waals surface area (Å²) in [5, 5.41) is 12.8. The number of ketones is 1. The fourth-order valence-electron chi connectivity index (χ4n) is 7.04. The van der Waals surface area contributed by atoms with Crippen molar-refractivity contribution in [1.29, 1.82) is 0 Å². The molecule has 1 saturated heterocycles. The van der Waals surface area contributed by atoms with Crippen LogP contribution in [0.3, 0.4) is 0 Å². The van der Waals surface area contributed by atoms with Crippen LogP contribution >= 0.6 is 23.2 Å². The van der Waals surface area contributed by atoms with Crippen molar-refractivity contribution in [3.63, 3.8) is 0 Å². The molecule has 0 N–H and O–H groups in total. The molecule has 6 atom stereocenters. The number of hydrazine groups is 1. The smallest absolute Gasteiger partial charge is 0.343 e. The van der Waals surface area contributed by atoms with Crippen LogP contribution in [0.15, 0.2) is 78.9 Å². The Morgan fingerprint density at radius 2 is 1.46 bits per heavy atom. The van der Waals surface area contributed by atoms with E-state index in [-0.39, 0.29) is 50.0 Å². The number of imide groups is 1. The third kappa shape index (κ3) is 4.96. The highest BCUT2D eigenvalue weighted by Gasteiger charge is 2.68. The lowest BCUT2D eigenvalue weighted by Crippen LogP contribution is -2.52. The van der Waals surface area contributed by atoms with E-state index in [4.69, 9.17) is 27.9 Å². The average molecular weight is 660 g/mol. The van der Waals surface area contributed by atoms with Crippen LogP contribution < -0.4 is 4.74 Å². The minimum absolute atomic E-state index is 0.00590. The lowest BCUT2D eigenvalue weighted by Gasteiger charge is -2.37. The van der Waals surface area contributed by atoms with Gasteiger partial charge in [0.15, 0.2) is 5.78 Å². The number of esters is 1. The fourth-order valence-corrected chi connectivity index (χ4v) is 7.53. The quantitative estimate of drug-likeness (QED) is 0.0593. The molecule has 2 saturated carbocycles. The number of nitro benzene ring substituents is 1. The third-order valence-corrected chi connectivity index (χ3v) is 9.82. The second kappa shape index (κ2) is 11.2. The van der Waals surface area contributed by atoms with Gasteiger partial charge >= 0.3 is 5.97 Å². The van der Waals surface area contributed by atoms with E-state index >= 15 is 0 Å². The minimum atomic E-state index is -0.811. The number of ether oxygens (including phenoxy) is 1. The summed E-state index contributed by atoms with van der Waals surface area (Å²) in [7, 11) is 0. The highest BCUT2D eigenvalue weighted by atomic mass is 35.5. The van der Waals surface area contributed by atoms with Gasteiger partial charge in [-0.05, 0) is 84.7 Å². The van der Waals surface area contributed by atoms with Crippen molar-refractivity contribution in [3.05, 3.63) is 116 Å². The first kappa shape index (κ1) is 29.8. The van der Waals surface area contributed by atoms with Crippen molar-refractivity contribution in [1.82, 2.24) is 10.0 Å². The number of hydrogen-bond donors (Lipinski definition) is 0. The van der Waals surface area contributed by atoms with Gasteiger partial charge in [0.05, 0.1) is 32.9 Å². The second-order valence-electron chi connectivity index (χ2n) is 11.8. The van der Waals surface area contributed by atoms with Crippen LogP contribution in [0.2, 0.25) is 10.0 Å². The van der Waals surface area contributed by atoms with Gasteiger partial charge in [-0.25, -0.2) is 9.80 Å². The summed E-state index contributed by atoms with van der Waals surface area (Å²) >= 11 is 12.4. The maximum atomic E-state index is 13.9. The molecule has 8 rings (SSSR count). The van der Waals surface area contributed by atoms with Crippen molar-refractivity contribution in [2.75, 3.05) is 6.54 Å². The fraction of sp³-hybridized carbons (Fsp3) is 0.242. The zero-order chi connectivity index (χ0) is 32.4. The van der Waals surface area contributed by atoms with E-state index in [1.807, 2.05) is 12.2 Å². The highest BCUT2D eigenvalue weighted by molar-refractivity contribution is 6.36. The number of halogens is 2. The van der Waals surface area contributed by atoms with E-state index in [0.29, 0.717) is 11.8 Å². The van der Waals surface area contributed by atoms with Crippen LogP contribution in [0.4, 0.5) is 5.69 Å². The first-order valence-electron chi connectivity index (χ1n) is 14.5. The summed E-state index contributed by atoms with van der Waals surface area (Å²) in [6, 6.07) is 14.6. The summed E-state index contributed by atoms with van der Waals surface area (Å²) in [6.45, 7) is -0.647. The van der Waals surface area contributed by atoms with Crippen molar-refractivity contribution in [2.45, 2.75) is 6.42 Å². The Morgan fingerprint density at radius 1 is 0.870 bits per heavy atom. The lowest BCUT2D eigenvalue weighted by molar-refractivity contribution is -0.384. The number of carbonyl (C=O) groups is 5. The molecule has 232 valence electrons. The number of hydrogen-bond acceptors (Lipinski definition) is 8. The summed E-state index contributed by atoms with van der Waals surface area (Å²) in [5.41, 5.74) is -0.00867. The van der Waals surface area contributed by atoms with Crippen molar-refractivity contribution < 1.29 is 33.6 Å². The van der Waals surface area contributed by atoms with Crippen LogP contribution in [0.1, 0.15) is 37.5 Å². The summed E-state index contributed by atoms with van der Waals surface area (Å²) in [5.74, 6) is -3.78. The normalized spacial score (nSPS) is 25.1. The molecule has 3 aromatic rings. The molecule has 3 amide bonds. The van der Waals surface area contributed by atoms with Gasteiger partial charge in [0.1, 0.15) is 12.3 Å². The Labute approximate surface area is 271 Å². The molecule has 0 unspecified atom stereocenters. The molecule has 5 aliphatic rings. The van der Waals surface area contributed by atoms with Gasteiger partial charge in [-0.15, -0.1) is 0 Å². The van der Waals surface area contributed by atoms with E-state index in [1.54, 1.807) is 0 Å². The number of Topliss-reactive ketones (excluding diaryl/α,β-unsaturated/α-hetero) is 1. The predicted molar refractivity (Wildman–Crippen MR) is 163 cm³/mol. The van der Waals surface area contributed by atoms with Crippen LogP contribution in [0.5, 0.6) is 5.75 Å². The molecule has 2 bridgehead atoms. The van der Waals surface area contributed by atoms with Gasteiger partial charge in [-0.3, -0.25) is 29.3 Å². The summed E-state index contributed by atoms with van der Waals surface area (Å²) in [4.78, 5) is 78.1. The SMILES string of the molecule is O=C(CN(C(=O)c1ccc(Cl)cc1Cl)N1C(=O)[C@@H]2[C@H]3C=C[C@@H]([C@@H]4C[C@H]34)[C@H]2C1=O)c1ccc(OC(=O)c2ccc([N+](=O)[O-])cc2)cc1. The van der Waals surface area contributed by atoms with E-state index in [2.05, 4.69) is 0 Å². The molecule has 11 nitrogen and oxygen atoms in total. The molecular weight excluding hydrogens is 637 g/mol. The zero-order valence-electron chi connectivity index (χ0n) is 23.7. The number of carbonyl (C=O) groups excluding carboxylic acids is 5. The topological polar surface area (TPSA) is 144 Å². The Hall–Kier alpha value is -4.87. The Kier molecular flexibility index (Phi) is 7.25. The lowest BCUT2D eigenvalue weighted by atomic mass is 9.63. The largest absolute Gasteiger partial charge is 0.423 e. The van der Waals surface area contributed by atoms with Gasteiger partial charge < -0.3 is 4.74 Å². The molecule has 13 heteroatoms. The van der Waals surface area contributed by atoms with Gasteiger partial charge in [-0.1, -0.05) is 35.4 Å². The van der Waals surface area contributed by atoms with Crippen LogP contribution in [-0.2, 0) is 9.59 Å². The third-order valence-electron chi connectivity index (χ3n) is 9.27. The maximum absolute atomic E-state index is 13.9. The zero-order valence-corrected chi connectivity index (χ0v) is 25.3. The molecular formula is C33H23Cl2N3O8. The number of nitrogens with zero attached hydrogens (tertiary/aromatic N) is 3. The standard InChI is InChI=1S/C33H23Cl2N3O8/c34-18-5-10-23(26(35)13-18)30(40)36(37-31(41)28-21-11-12-22(25-14-24(21)25)29(28)32(37)42)15-27(39)16-3-8-20(9-4-16)46-33(43)17-1-6-19(7-2-17)38(44)45/h1-13,21-22,24-25,28-29H,14-15H2/t21-,22-,24-,25+,28+,29+/m0/s1. The molecule has 3 aromatic carbocycles. The van der Waals surface area contributed by atoms with Gasteiger partial charge in [0.2, 0.25) is 0 Å². The number of allylic oxidation sites excluding steroid dienone is 2. The maximum Gasteiger partial charge on any atom is 0.343 e. The van der Waals surface area contributed by atoms with E-state index in [9.17, 15) is 34.1 Å². The van der Waals surface area contributed by atoms with Crippen LogP contribution in [-0.4, -0.2) is 51.0 Å². The Balaban J connectivity index is 1.13. The molecule has 3 fully saturated rings. The first-order chi connectivity index (χ1) is 22.0.